The van der Waals surface area contributed by atoms with E-state index in [2.05, 4.69) is 275 Å². The molecule has 0 unspecified atom stereocenters. The van der Waals surface area contributed by atoms with Crippen molar-refractivity contribution >= 4 is 94.2 Å². The largest absolute Gasteiger partial charge is 0.294 e. The number of aromatic nitrogens is 5. The first-order valence-electron chi connectivity index (χ1n) is 26.2. The highest BCUT2D eigenvalue weighted by Crippen LogP contribution is 2.45. The van der Waals surface area contributed by atoms with E-state index in [4.69, 9.17) is 9.97 Å². The lowest BCUT2D eigenvalue weighted by Crippen LogP contribution is -2.75. The Bertz CT molecular complexity index is 4670. The van der Waals surface area contributed by atoms with Crippen LogP contribution < -0.4 is 20.7 Å². The predicted octanol–water partition coefficient (Wildman–Crippen LogP) is 14.4. The molecule has 0 amide bonds. The van der Waals surface area contributed by atoms with Gasteiger partial charge in [0.15, 0.2) is 8.07 Å². The van der Waals surface area contributed by atoms with Gasteiger partial charge in [0.1, 0.15) is 11.6 Å². The summed E-state index contributed by atoms with van der Waals surface area (Å²) in [7, 11) is -3.13. The fourth-order valence-corrected chi connectivity index (χ4v) is 19.4. The van der Waals surface area contributed by atoms with E-state index >= 15 is 0 Å². The predicted molar refractivity (Wildman–Crippen MR) is 318 cm³/mol. The smallest absolute Gasteiger partial charge is 0.238 e. The maximum absolute atomic E-state index is 5.76. The summed E-state index contributed by atoms with van der Waals surface area (Å²) in [6.07, 6.45) is 0. The van der Waals surface area contributed by atoms with Gasteiger partial charge in [-0.2, -0.15) is 9.97 Å². The fourth-order valence-electron chi connectivity index (χ4n) is 13.8. The van der Waals surface area contributed by atoms with Crippen LogP contribution >= 0.6 is 0 Å². The van der Waals surface area contributed by atoms with Crippen molar-refractivity contribution in [2.75, 3.05) is 0 Å². The average Bonchev–Trinajstić information content (AvgIpc) is 4.17. The molecule has 4 aromatic heterocycles. The van der Waals surface area contributed by atoms with E-state index < -0.39 is 8.07 Å². The lowest BCUT2D eigenvalue weighted by Gasteiger charge is -2.37. The molecule has 0 aliphatic carbocycles. The quantitative estimate of drug-likeness (QED) is 0.166. The second-order valence-corrected chi connectivity index (χ2v) is 24.0. The van der Waals surface area contributed by atoms with Gasteiger partial charge in [-0.05, 0) is 108 Å². The molecule has 0 radical (unpaired) electrons. The van der Waals surface area contributed by atoms with Crippen molar-refractivity contribution in [1.82, 2.24) is 23.7 Å². The normalized spacial score (nSPS) is 13.1. The van der Waals surface area contributed by atoms with Crippen LogP contribution in [0.1, 0.15) is 0 Å². The Kier molecular flexibility index (Phi) is 8.52. The SMILES string of the molecule is c1ccc2c(c1)-c1ccccc1[Si]1(c3ccccc3-2)c2ccccc2-c2cc3c4ccccc4n(-c4cc(-n5c6ccccc6c6ccccc65)nc(-n5c6ccccc6c6ccccc65)n4)c3cc2-c2ccccc21. The molecule has 76 heavy (non-hydrogen) atoms. The number of benzene rings is 11. The lowest BCUT2D eigenvalue weighted by molar-refractivity contribution is 0.918. The molecular weight excluding hydrogens is 939 g/mol. The van der Waals surface area contributed by atoms with Gasteiger partial charge in [0.05, 0.1) is 33.1 Å². The van der Waals surface area contributed by atoms with Crippen LogP contribution in [0.2, 0.25) is 0 Å². The molecule has 6 heterocycles. The molecule has 0 bridgehead atoms. The Morgan fingerprint density at radius 1 is 0.224 bits per heavy atom. The summed E-state index contributed by atoms with van der Waals surface area (Å²) in [5, 5.41) is 12.6. The van der Waals surface area contributed by atoms with Gasteiger partial charge in [-0.15, -0.1) is 0 Å². The molecule has 2 aliphatic rings. The summed E-state index contributed by atoms with van der Waals surface area (Å²) in [5.74, 6) is 2.18. The zero-order chi connectivity index (χ0) is 49.6. The summed E-state index contributed by atoms with van der Waals surface area (Å²) in [6, 6.07) is 97.0. The molecule has 0 fully saturated rings. The summed E-state index contributed by atoms with van der Waals surface area (Å²) in [4.78, 5) is 11.4. The standard InChI is InChI=1S/C70H43N5Si/c1-2-22-45-44(21-1)51-28-8-17-37-64(51)76(65-38-18-9-29-52(45)65)66-39-19-10-30-53(66)55-41-57-50-27-7-14-34-60(50)74(63(57)42-56(55)54-31-11-20-40-67(54)76)69-43-68(73-58-32-12-3-23-46(58)47-24-4-13-33-59(47)73)71-70(72-69)75-61-35-15-5-25-48(61)49-26-6-16-36-62(49)75/h1-43H. The van der Waals surface area contributed by atoms with E-state index in [0.717, 1.165) is 55.5 Å². The van der Waals surface area contributed by atoms with E-state index in [0.29, 0.717) is 5.95 Å². The molecule has 2 aliphatic heterocycles. The van der Waals surface area contributed by atoms with Gasteiger partial charge in [-0.3, -0.25) is 13.7 Å². The minimum absolute atomic E-state index is 0.603. The third-order valence-electron chi connectivity index (χ3n) is 16.7. The molecule has 0 saturated carbocycles. The third kappa shape index (κ3) is 5.47. The van der Waals surface area contributed by atoms with Gasteiger partial charge in [-0.25, -0.2) is 0 Å². The van der Waals surface area contributed by atoms with Crippen molar-refractivity contribution in [3.63, 3.8) is 0 Å². The minimum Gasteiger partial charge on any atom is -0.294 e. The van der Waals surface area contributed by atoms with Crippen molar-refractivity contribution < 1.29 is 0 Å². The van der Waals surface area contributed by atoms with Gasteiger partial charge in [0.25, 0.3) is 0 Å². The molecule has 5 nitrogen and oxygen atoms in total. The second-order valence-electron chi connectivity index (χ2n) is 20.4. The summed E-state index contributed by atoms with van der Waals surface area (Å²) in [5.41, 5.74) is 16.6. The Balaban J connectivity index is 1.00. The van der Waals surface area contributed by atoms with Crippen molar-refractivity contribution in [2.45, 2.75) is 0 Å². The highest BCUT2D eigenvalue weighted by molar-refractivity contribution is 7.22. The van der Waals surface area contributed by atoms with Gasteiger partial charge in [-0.1, -0.05) is 212 Å². The van der Waals surface area contributed by atoms with Crippen LogP contribution in [0.15, 0.2) is 261 Å². The number of para-hydroxylation sites is 5. The van der Waals surface area contributed by atoms with E-state index in [-0.39, 0.29) is 0 Å². The van der Waals surface area contributed by atoms with E-state index in [9.17, 15) is 0 Å². The Morgan fingerprint density at radius 3 is 0.921 bits per heavy atom. The first-order chi connectivity index (χ1) is 37.7. The molecule has 0 atom stereocenters. The van der Waals surface area contributed by atoms with Crippen LogP contribution in [0.25, 0.3) is 128 Å². The fraction of sp³-hybridized carbons (Fsp3) is 0. The van der Waals surface area contributed by atoms with E-state index in [1.54, 1.807) is 0 Å². The first-order valence-corrected chi connectivity index (χ1v) is 28.2. The zero-order valence-electron chi connectivity index (χ0n) is 41.1. The van der Waals surface area contributed by atoms with E-state index in [1.165, 1.54) is 86.8 Å². The summed E-state index contributed by atoms with van der Waals surface area (Å²) < 4.78 is 6.98. The van der Waals surface area contributed by atoms with E-state index in [1.807, 2.05) is 0 Å². The van der Waals surface area contributed by atoms with Gasteiger partial charge >= 0.3 is 0 Å². The van der Waals surface area contributed by atoms with Gasteiger partial charge < -0.3 is 0 Å². The molecule has 0 saturated heterocycles. The number of nitrogens with zero attached hydrogens (tertiary/aromatic N) is 5. The number of rotatable bonds is 3. The Labute approximate surface area is 438 Å². The zero-order valence-corrected chi connectivity index (χ0v) is 42.1. The molecule has 11 aromatic carbocycles. The van der Waals surface area contributed by atoms with Gasteiger partial charge in [0, 0.05) is 38.4 Å². The monoisotopic (exact) mass is 981 g/mol. The number of fused-ring (bicyclic) bond motifs is 23. The van der Waals surface area contributed by atoms with Gasteiger partial charge in [0.2, 0.25) is 5.95 Å². The topological polar surface area (TPSA) is 40.6 Å². The molecule has 352 valence electrons. The molecular formula is C70H43N5Si. The van der Waals surface area contributed by atoms with Crippen molar-refractivity contribution in [2.24, 2.45) is 0 Å². The molecule has 15 aromatic rings. The number of hydrogen-bond acceptors (Lipinski definition) is 2. The third-order valence-corrected chi connectivity index (χ3v) is 21.7. The molecule has 1 spiro atoms. The Morgan fingerprint density at radius 2 is 0.513 bits per heavy atom. The maximum Gasteiger partial charge on any atom is 0.238 e. The highest BCUT2D eigenvalue weighted by atomic mass is 28.3. The van der Waals surface area contributed by atoms with Crippen LogP contribution in [0.5, 0.6) is 0 Å². The van der Waals surface area contributed by atoms with Crippen LogP contribution in [-0.4, -0.2) is 31.7 Å². The van der Waals surface area contributed by atoms with Crippen molar-refractivity contribution in [1.29, 1.82) is 0 Å². The van der Waals surface area contributed by atoms with Crippen molar-refractivity contribution in [3.05, 3.63) is 261 Å². The molecule has 17 rings (SSSR count). The van der Waals surface area contributed by atoms with Crippen LogP contribution in [0.3, 0.4) is 0 Å². The summed E-state index contributed by atoms with van der Waals surface area (Å²) in [6.45, 7) is 0. The maximum atomic E-state index is 5.76. The van der Waals surface area contributed by atoms with Crippen molar-refractivity contribution in [3.8, 4) is 62.1 Å². The lowest BCUT2D eigenvalue weighted by atomic mass is 9.92. The van der Waals surface area contributed by atoms with Crippen LogP contribution in [0, 0.1) is 0 Å². The average molecular weight is 982 g/mol. The van der Waals surface area contributed by atoms with Crippen LogP contribution in [0.4, 0.5) is 0 Å². The van der Waals surface area contributed by atoms with Crippen LogP contribution in [-0.2, 0) is 0 Å². The number of hydrogen-bond donors (Lipinski definition) is 0. The summed E-state index contributed by atoms with van der Waals surface area (Å²) >= 11 is 0. The first kappa shape index (κ1) is 41.6. The Hall–Kier alpha value is -9.88. The second kappa shape index (κ2) is 15.6. The molecule has 0 N–H and O–H groups in total. The molecule has 6 heteroatoms. The minimum atomic E-state index is -3.13. The highest BCUT2D eigenvalue weighted by Gasteiger charge is 2.50.